The second-order valence-corrected chi connectivity index (χ2v) is 10.5. The maximum Gasteiger partial charge on any atom is 0.507 e. The summed E-state index contributed by atoms with van der Waals surface area (Å²) in [5, 5.41) is 1.04. The third-order valence-corrected chi connectivity index (χ3v) is 6.63. The molecule has 2 saturated heterocycles. The maximum absolute atomic E-state index is 12.4. The zero-order chi connectivity index (χ0) is 20.0. The highest BCUT2D eigenvalue weighted by Crippen LogP contribution is 2.37. The molecule has 150 valence electrons. The van der Waals surface area contributed by atoms with Gasteiger partial charge < -0.3 is 18.9 Å². The largest absolute Gasteiger partial charge is 0.507 e. The van der Waals surface area contributed by atoms with E-state index in [0.29, 0.717) is 6.54 Å². The third kappa shape index (κ3) is 4.49. The van der Waals surface area contributed by atoms with Crippen LogP contribution in [0.15, 0.2) is 6.20 Å². The number of ether oxygens (including phenoxy) is 1. The van der Waals surface area contributed by atoms with E-state index in [9.17, 15) is 4.79 Å². The number of nitrogens with zero attached hydrogens (tertiary/aromatic N) is 2. The smallest absolute Gasteiger partial charge is 0.444 e. The van der Waals surface area contributed by atoms with E-state index in [2.05, 4.69) is 32.7 Å². The highest BCUT2D eigenvalue weighted by molar-refractivity contribution is 7.22. The van der Waals surface area contributed by atoms with Gasteiger partial charge in [0, 0.05) is 25.2 Å². The fourth-order valence-electron chi connectivity index (χ4n) is 3.23. The number of amides is 1. The molecule has 0 saturated carbocycles. The number of likely N-dealkylation sites (tertiary alicyclic amines) is 1. The second kappa shape index (κ2) is 7.05. The lowest BCUT2D eigenvalue weighted by Gasteiger charge is -2.33. The van der Waals surface area contributed by atoms with Gasteiger partial charge in [-0.3, -0.25) is 0 Å². The molecule has 2 fully saturated rings. The van der Waals surface area contributed by atoms with E-state index in [1.807, 2.05) is 27.0 Å². The Labute approximate surface area is 166 Å². The highest BCUT2D eigenvalue weighted by atomic mass is 32.1. The summed E-state index contributed by atoms with van der Waals surface area (Å²) < 4.78 is 18.8. The molecule has 0 bridgehead atoms. The van der Waals surface area contributed by atoms with Crippen molar-refractivity contribution >= 4 is 29.3 Å². The first-order valence-corrected chi connectivity index (χ1v) is 10.5. The number of carbonyl (C=O) groups is 1. The van der Waals surface area contributed by atoms with Gasteiger partial charge in [0.25, 0.3) is 0 Å². The minimum Gasteiger partial charge on any atom is -0.444 e. The van der Waals surface area contributed by atoms with Crippen molar-refractivity contribution in [1.82, 2.24) is 9.88 Å². The molecule has 1 aromatic rings. The number of rotatable bonds is 2. The quantitative estimate of drug-likeness (QED) is 0.718. The molecule has 0 N–H and O–H groups in total. The lowest BCUT2D eigenvalue weighted by Crippen LogP contribution is -2.42. The van der Waals surface area contributed by atoms with Crippen molar-refractivity contribution < 1.29 is 18.8 Å². The molecular formula is C19H31BN2O4S. The zero-order valence-corrected chi connectivity index (χ0v) is 18.3. The average Bonchev–Trinajstić information content (AvgIpc) is 3.09. The first-order valence-electron chi connectivity index (χ1n) is 9.67. The molecule has 0 spiro atoms. The van der Waals surface area contributed by atoms with Crippen LogP contribution in [0.1, 0.15) is 72.2 Å². The minimum atomic E-state index is -0.477. The van der Waals surface area contributed by atoms with Crippen molar-refractivity contribution in [1.29, 1.82) is 0 Å². The van der Waals surface area contributed by atoms with Gasteiger partial charge >= 0.3 is 13.2 Å². The van der Waals surface area contributed by atoms with Crippen molar-refractivity contribution in [2.24, 2.45) is 0 Å². The van der Waals surface area contributed by atoms with E-state index in [0.717, 1.165) is 29.2 Å². The van der Waals surface area contributed by atoms with Crippen LogP contribution in [-0.4, -0.2) is 53.0 Å². The van der Waals surface area contributed by atoms with Crippen LogP contribution in [0.4, 0.5) is 4.79 Å². The molecule has 8 heteroatoms. The minimum absolute atomic E-state index is 0.229. The van der Waals surface area contributed by atoms with Gasteiger partial charge in [-0.2, -0.15) is 0 Å². The topological polar surface area (TPSA) is 60.9 Å². The monoisotopic (exact) mass is 394 g/mol. The third-order valence-electron chi connectivity index (χ3n) is 5.45. The summed E-state index contributed by atoms with van der Waals surface area (Å²) >= 11 is 1.63. The van der Waals surface area contributed by atoms with Crippen LogP contribution in [0.5, 0.6) is 0 Å². The Morgan fingerprint density at radius 3 is 2.52 bits per heavy atom. The molecule has 3 heterocycles. The Morgan fingerprint density at radius 2 is 1.93 bits per heavy atom. The molecule has 0 aromatic carbocycles. The Hall–Kier alpha value is -1.12. The van der Waals surface area contributed by atoms with Crippen LogP contribution in [0.3, 0.4) is 0 Å². The number of hydrogen-bond acceptors (Lipinski definition) is 6. The molecule has 2 aliphatic rings. The summed E-state index contributed by atoms with van der Waals surface area (Å²) in [6.07, 6.45) is 3.59. The molecule has 1 unspecified atom stereocenters. The first kappa shape index (κ1) is 20.6. The SMILES string of the molecule is CC(C)(C)OC(=O)N1CCCC(c2ncc(B3OC(C)(C)C(C)(C)O3)s2)C1. The number of thiazole rings is 1. The molecule has 3 rings (SSSR count). The van der Waals surface area contributed by atoms with E-state index in [4.69, 9.17) is 14.0 Å². The van der Waals surface area contributed by atoms with Gasteiger partial charge in [-0.25, -0.2) is 9.78 Å². The number of carbonyl (C=O) groups excluding carboxylic acids is 1. The van der Waals surface area contributed by atoms with Crippen LogP contribution >= 0.6 is 11.3 Å². The van der Waals surface area contributed by atoms with Crippen molar-refractivity contribution in [2.45, 2.75) is 84.0 Å². The van der Waals surface area contributed by atoms with Crippen molar-refractivity contribution in [2.75, 3.05) is 13.1 Å². The summed E-state index contributed by atoms with van der Waals surface area (Å²) in [4.78, 5) is 18.8. The summed E-state index contributed by atoms with van der Waals surface area (Å²) in [6, 6.07) is 0. The Morgan fingerprint density at radius 1 is 1.30 bits per heavy atom. The van der Waals surface area contributed by atoms with Crippen LogP contribution in [-0.2, 0) is 14.0 Å². The summed E-state index contributed by atoms with van der Waals surface area (Å²) in [6.45, 7) is 15.3. The summed E-state index contributed by atoms with van der Waals surface area (Å²) in [5.41, 5.74) is -1.20. The molecule has 0 radical (unpaired) electrons. The van der Waals surface area contributed by atoms with Crippen LogP contribution in [0.2, 0.25) is 0 Å². The van der Waals surface area contributed by atoms with Gasteiger partial charge in [0.05, 0.1) is 21.0 Å². The molecular weight excluding hydrogens is 363 g/mol. The fourth-order valence-corrected chi connectivity index (χ4v) is 4.23. The molecule has 0 aliphatic carbocycles. The van der Waals surface area contributed by atoms with Gasteiger partial charge in [-0.05, 0) is 61.3 Å². The van der Waals surface area contributed by atoms with Gasteiger partial charge in [0.1, 0.15) is 5.60 Å². The summed E-state index contributed by atoms with van der Waals surface area (Å²) in [5.74, 6) is 0.229. The maximum atomic E-state index is 12.4. The zero-order valence-electron chi connectivity index (χ0n) is 17.5. The van der Waals surface area contributed by atoms with E-state index in [1.54, 1.807) is 16.2 Å². The van der Waals surface area contributed by atoms with E-state index in [1.165, 1.54) is 0 Å². The standard InChI is InChI=1S/C19H31BN2O4S/c1-17(2,3)24-16(23)22-10-8-9-13(12-22)15-21-11-14(27-15)20-25-18(4,5)19(6,7)26-20/h11,13H,8-10,12H2,1-7H3. The van der Waals surface area contributed by atoms with E-state index in [-0.39, 0.29) is 30.3 Å². The molecule has 1 aromatic heterocycles. The van der Waals surface area contributed by atoms with Gasteiger partial charge in [-0.15, -0.1) is 11.3 Å². The van der Waals surface area contributed by atoms with Crippen molar-refractivity contribution in [3.8, 4) is 0 Å². The molecule has 1 atom stereocenters. The molecule has 27 heavy (non-hydrogen) atoms. The van der Waals surface area contributed by atoms with Crippen LogP contribution in [0, 0.1) is 0 Å². The van der Waals surface area contributed by atoms with Crippen LogP contribution < -0.4 is 4.78 Å². The highest BCUT2D eigenvalue weighted by Gasteiger charge is 2.52. The van der Waals surface area contributed by atoms with E-state index >= 15 is 0 Å². The number of piperidine rings is 1. The lowest BCUT2D eigenvalue weighted by atomic mass is 9.89. The molecule has 6 nitrogen and oxygen atoms in total. The number of aromatic nitrogens is 1. The predicted molar refractivity (Wildman–Crippen MR) is 108 cm³/mol. The normalized spacial score (nSPS) is 24.9. The van der Waals surface area contributed by atoms with Crippen LogP contribution in [0.25, 0.3) is 0 Å². The van der Waals surface area contributed by atoms with Gasteiger partial charge in [0.15, 0.2) is 0 Å². The van der Waals surface area contributed by atoms with E-state index < -0.39 is 5.60 Å². The van der Waals surface area contributed by atoms with Gasteiger partial charge in [-0.1, -0.05) is 0 Å². The average molecular weight is 394 g/mol. The van der Waals surface area contributed by atoms with Crippen molar-refractivity contribution in [3.05, 3.63) is 11.2 Å². The molecule has 1 amide bonds. The lowest BCUT2D eigenvalue weighted by molar-refractivity contribution is 0.00578. The Bertz CT molecular complexity index is 682. The second-order valence-electron chi connectivity index (χ2n) is 9.45. The molecule has 2 aliphatic heterocycles. The van der Waals surface area contributed by atoms with Crippen molar-refractivity contribution in [3.63, 3.8) is 0 Å². The fraction of sp³-hybridized carbons (Fsp3) is 0.789. The Balaban J connectivity index is 1.67. The summed E-state index contributed by atoms with van der Waals surface area (Å²) in [7, 11) is -0.383. The first-order chi connectivity index (χ1) is 12.4. The predicted octanol–water partition coefficient (Wildman–Crippen LogP) is 3.56. The Kier molecular flexibility index (Phi) is 5.38. The van der Waals surface area contributed by atoms with Gasteiger partial charge in [0.2, 0.25) is 0 Å². The number of hydrogen-bond donors (Lipinski definition) is 0.